The number of aromatic nitrogens is 5. The Hall–Kier alpha value is -4.18. The fraction of sp³-hybridized carbons (Fsp3) is 0.310. The first-order valence-electron chi connectivity index (χ1n) is 13.2. The average molecular weight is 560 g/mol. The molecule has 1 aliphatic heterocycles. The third-order valence-corrected chi connectivity index (χ3v) is 7.83. The third-order valence-electron chi connectivity index (χ3n) is 7.54. The maximum Gasteiger partial charge on any atom is 0.355 e. The Kier molecular flexibility index (Phi) is 6.58. The van der Waals surface area contributed by atoms with E-state index in [-0.39, 0.29) is 39.8 Å². The summed E-state index contributed by atoms with van der Waals surface area (Å²) in [6.07, 6.45) is 4.73. The highest BCUT2D eigenvalue weighted by atomic mass is 35.5. The van der Waals surface area contributed by atoms with E-state index in [0.717, 1.165) is 18.5 Å². The molecular weight excluding hydrogens is 533 g/mol. The molecule has 6 rings (SSSR count). The van der Waals surface area contributed by atoms with Crippen molar-refractivity contribution in [3.8, 4) is 16.9 Å². The Labute approximate surface area is 235 Å². The van der Waals surface area contributed by atoms with E-state index in [4.69, 9.17) is 16.6 Å². The number of pyridine rings is 1. The third kappa shape index (κ3) is 4.42. The van der Waals surface area contributed by atoms with Crippen molar-refractivity contribution in [2.24, 2.45) is 0 Å². The van der Waals surface area contributed by atoms with Gasteiger partial charge in [0.05, 0.1) is 33.2 Å². The van der Waals surface area contributed by atoms with Crippen molar-refractivity contribution in [2.45, 2.75) is 38.6 Å². The Morgan fingerprint density at radius 3 is 2.65 bits per heavy atom. The number of anilines is 1. The molecule has 0 spiro atoms. The van der Waals surface area contributed by atoms with Gasteiger partial charge in [-0.2, -0.15) is 4.98 Å². The van der Waals surface area contributed by atoms with Crippen molar-refractivity contribution in [1.82, 2.24) is 29.4 Å². The molecule has 1 atom stereocenters. The number of benzene rings is 1. The minimum Gasteiger partial charge on any atom is -0.350 e. The van der Waals surface area contributed by atoms with Crippen LogP contribution in [0.4, 0.5) is 10.2 Å². The summed E-state index contributed by atoms with van der Waals surface area (Å²) in [5.41, 5.74) is 2.10. The molecule has 40 heavy (non-hydrogen) atoms. The summed E-state index contributed by atoms with van der Waals surface area (Å²) in [5, 5.41) is 0.757. The minimum absolute atomic E-state index is 0.147. The summed E-state index contributed by atoms with van der Waals surface area (Å²) < 4.78 is 16.3. The fourth-order valence-electron chi connectivity index (χ4n) is 5.39. The van der Waals surface area contributed by atoms with E-state index in [1.807, 2.05) is 18.7 Å². The van der Waals surface area contributed by atoms with Crippen LogP contribution >= 0.6 is 11.6 Å². The number of halogens is 2. The number of rotatable bonds is 5. The second-order valence-electron chi connectivity index (χ2n) is 10.2. The quantitative estimate of drug-likeness (QED) is 0.333. The van der Waals surface area contributed by atoms with E-state index in [0.29, 0.717) is 42.2 Å². The smallest absolute Gasteiger partial charge is 0.350 e. The molecule has 9 nitrogen and oxygen atoms in total. The molecule has 0 N–H and O–H groups in total. The maximum absolute atomic E-state index is 14.9. The van der Waals surface area contributed by atoms with Gasteiger partial charge in [0.2, 0.25) is 5.91 Å². The lowest BCUT2D eigenvalue weighted by Gasteiger charge is -2.40. The van der Waals surface area contributed by atoms with Gasteiger partial charge in [-0.05, 0) is 51.0 Å². The Bertz CT molecular complexity index is 1740. The molecule has 1 aromatic carbocycles. The first kappa shape index (κ1) is 26.1. The van der Waals surface area contributed by atoms with Crippen LogP contribution in [-0.4, -0.2) is 61.0 Å². The molecular formula is C29H27ClFN7O2. The largest absolute Gasteiger partial charge is 0.355 e. The molecule has 1 saturated heterocycles. The highest BCUT2D eigenvalue weighted by Crippen LogP contribution is 2.43. The zero-order chi connectivity index (χ0) is 28.1. The number of hydrogen-bond acceptors (Lipinski definition) is 7. The number of fused-ring (bicyclic) bond motifs is 1. The lowest BCUT2D eigenvalue weighted by Crippen LogP contribution is -2.54. The van der Waals surface area contributed by atoms with Gasteiger partial charge >= 0.3 is 5.69 Å². The maximum atomic E-state index is 14.9. The first-order valence-corrected chi connectivity index (χ1v) is 13.5. The minimum atomic E-state index is -0.548. The van der Waals surface area contributed by atoms with Gasteiger partial charge in [-0.3, -0.25) is 4.79 Å². The highest BCUT2D eigenvalue weighted by molar-refractivity contribution is 6.33. The standard InChI is InChI=1S/C29H27ClFN7O2/c1-4-23(39)36-11-12-37(16(2)14-36)27-20-13-21(30)25(19-7-5-6-8-22(19)31)34-28(20)38(29(40)35-27)26-17(3)32-15-33-24(26)18-9-10-18/h4-8,13,15-16,18H,1,9-12,14H2,2-3H3/t16-/m0/s1. The molecule has 1 saturated carbocycles. The molecule has 1 amide bonds. The SMILES string of the molecule is C=CC(=O)N1CCN(c2nc(=O)n(-c3c(C)ncnc3C3CC3)c3nc(-c4ccccc4F)c(Cl)cc23)[C@@H](C)C1. The number of amides is 1. The predicted octanol–water partition coefficient (Wildman–Crippen LogP) is 4.44. The van der Waals surface area contributed by atoms with Gasteiger partial charge in [0.1, 0.15) is 18.0 Å². The summed E-state index contributed by atoms with van der Waals surface area (Å²) in [6.45, 7) is 8.69. The Balaban J connectivity index is 1.62. The van der Waals surface area contributed by atoms with Crippen molar-refractivity contribution >= 4 is 34.4 Å². The van der Waals surface area contributed by atoms with Crippen LogP contribution in [0.2, 0.25) is 5.02 Å². The number of nitrogens with zero attached hydrogens (tertiary/aromatic N) is 7. The first-order chi connectivity index (χ1) is 19.3. The molecule has 0 unspecified atom stereocenters. The summed E-state index contributed by atoms with van der Waals surface area (Å²) in [7, 11) is 0. The second-order valence-corrected chi connectivity index (χ2v) is 10.6. The van der Waals surface area contributed by atoms with Gasteiger partial charge in [-0.25, -0.2) is 28.7 Å². The Morgan fingerprint density at radius 1 is 1.18 bits per heavy atom. The zero-order valence-corrected chi connectivity index (χ0v) is 22.9. The molecule has 3 aromatic heterocycles. The zero-order valence-electron chi connectivity index (χ0n) is 22.1. The van der Waals surface area contributed by atoms with Crippen LogP contribution in [0.5, 0.6) is 0 Å². The predicted molar refractivity (Wildman–Crippen MR) is 151 cm³/mol. The molecule has 0 radical (unpaired) electrons. The molecule has 4 heterocycles. The molecule has 4 aromatic rings. The van der Waals surface area contributed by atoms with Crippen LogP contribution in [0.25, 0.3) is 28.0 Å². The van der Waals surface area contributed by atoms with Crippen molar-refractivity contribution in [1.29, 1.82) is 0 Å². The van der Waals surface area contributed by atoms with E-state index >= 15 is 0 Å². The van der Waals surface area contributed by atoms with E-state index in [9.17, 15) is 14.0 Å². The molecule has 2 fully saturated rings. The van der Waals surface area contributed by atoms with Gasteiger partial charge in [-0.15, -0.1) is 0 Å². The van der Waals surface area contributed by atoms with Crippen molar-refractivity contribution in [3.63, 3.8) is 0 Å². The average Bonchev–Trinajstić information content (AvgIpc) is 3.79. The van der Waals surface area contributed by atoms with Crippen molar-refractivity contribution < 1.29 is 9.18 Å². The van der Waals surface area contributed by atoms with Gasteiger partial charge in [0.15, 0.2) is 5.65 Å². The highest BCUT2D eigenvalue weighted by Gasteiger charge is 2.33. The van der Waals surface area contributed by atoms with Gasteiger partial charge in [0, 0.05) is 37.2 Å². The molecule has 204 valence electrons. The summed E-state index contributed by atoms with van der Waals surface area (Å²) in [4.78, 5) is 48.1. The topological polar surface area (TPSA) is 97.1 Å². The monoisotopic (exact) mass is 559 g/mol. The van der Waals surface area contributed by atoms with Crippen LogP contribution in [0.3, 0.4) is 0 Å². The van der Waals surface area contributed by atoms with Crippen LogP contribution < -0.4 is 10.6 Å². The number of carbonyl (C=O) groups excluding carboxylic acids is 1. The summed E-state index contributed by atoms with van der Waals surface area (Å²) in [6, 6.07) is 7.78. The van der Waals surface area contributed by atoms with E-state index in [2.05, 4.69) is 21.5 Å². The van der Waals surface area contributed by atoms with Crippen LogP contribution in [-0.2, 0) is 4.79 Å². The Morgan fingerprint density at radius 2 is 1.95 bits per heavy atom. The molecule has 2 aliphatic rings. The van der Waals surface area contributed by atoms with Gasteiger partial charge < -0.3 is 9.80 Å². The van der Waals surface area contributed by atoms with Crippen LogP contribution in [0, 0.1) is 12.7 Å². The molecule has 11 heteroatoms. The number of carbonyl (C=O) groups is 1. The number of hydrogen-bond donors (Lipinski definition) is 0. The number of aryl methyl sites for hydroxylation is 1. The molecule has 1 aliphatic carbocycles. The summed E-state index contributed by atoms with van der Waals surface area (Å²) in [5.74, 6) is -0.00124. The lowest BCUT2D eigenvalue weighted by atomic mass is 10.1. The molecule has 0 bridgehead atoms. The number of piperazine rings is 1. The lowest BCUT2D eigenvalue weighted by molar-refractivity contribution is -0.126. The normalized spacial score (nSPS) is 17.4. The second kappa shape index (κ2) is 10.1. The van der Waals surface area contributed by atoms with E-state index in [1.54, 1.807) is 29.2 Å². The van der Waals surface area contributed by atoms with Crippen molar-refractivity contribution in [2.75, 3.05) is 24.5 Å². The van der Waals surface area contributed by atoms with Gasteiger partial charge in [-0.1, -0.05) is 30.3 Å². The van der Waals surface area contributed by atoms with Crippen LogP contribution in [0.15, 0.2) is 54.1 Å². The van der Waals surface area contributed by atoms with E-state index in [1.165, 1.54) is 23.0 Å². The summed E-state index contributed by atoms with van der Waals surface area (Å²) >= 11 is 6.75. The van der Waals surface area contributed by atoms with Crippen molar-refractivity contribution in [3.05, 3.63) is 82.0 Å². The van der Waals surface area contributed by atoms with E-state index < -0.39 is 11.5 Å². The fourth-order valence-corrected chi connectivity index (χ4v) is 5.64. The van der Waals surface area contributed by atoms with Gasteiger partial charge in [0.25, 0.3) is 0 Å². The van der Waals surface area contributed by atoms with Crippen LogP contribution in [0.1, 0.15) is 37.1 Å².